The van der Waals surface area contributed by atoms with Crippen LogP contribution in [0.2, 0.25) is 0 Å². The number of benzene rings is 2. The Morgan fingerprint density at radius 2 is 1.42 bits per heavy atom. The number of hydrogen-bond donors (Lipinski definition) is 2. The lowest BCUT2D eigenvalue weighted by Gasteiger charge is -2.43. The van der Waals surface area contributed by atoms with Gasteiger partial charge < -0.3 is 9.99 Å². The average molecular weight is 517 g/mol. The monoisotopic (exact) mass is 516 g/mol. The lowest BCUT2D eigenvalue weighted by Crippen LogP contribution is -2.51. The van der Waals surface area contributed by atoms with E-state index in [4.69, 9.17) is 0 Å². The first-order valence-corrected chi connectivity index (χ1v) is 14.8. The summed E-state index contributed by atoms with van der Waals surface area (Å²) in [4.78, 5) is 7.14. The summed E-state index contributed by atoms with van der Waals surface area (Å²) in [7, 11) is -4.02. The molecule has 2 saturated carbocycles. The van der Waals surface area contributed by atoms with Crippen molar-refractivity contribution >= 4 is 15.7 Å². The second kappa shape index (κ2) is 12.4. The largest absolute Gasteiger partial charge is 0.390 e. The van der Waals surface area contributed by atoms with E-state index in [1.807, 2.05) is 6.92 Å². The Morgan fingerprint density at radius 3 is 1.97 bits per heavy atom. The minimum absolute atomic E-state index is 0.0248. The van der Waals surface area contributed by atoms with E-state index in [0.29, 0.717) is 18.6 Å². The van der Waals surface area contributed by atoms with Gasteiger partial charge in [-0.15, -0.1) is 0 Å². The van der Waals surface area contributed by atoms with Crippen molar-refractivity contribution in [2.75, 3.05) is 17.4 Å². The maximum absolute atomic E-state index is 13.8. The first kappa shape index (κ1) is 26.9. The molecule has 0 aliphatic heterocycles. The van der Waals surface area contributed by atoms with E-state index in [0.717, 1.165) is 31.2 Å². The van der Waals surface area contributed by atoms with Crippen molar-refractivity contribution < 1.29 is 23.7 Å². The van der Waals surface area contributed by atoms with Crippen LogP contribution in [0.25, 0.3) is 0 Å². The van der Waals surface area contributed by atoms with Crippen molar-refractivity contribution in [2.45, 2.75) is 94.2 Å². The molecule has 2 aromatic rings. The highest BCUT2D eigenvalue weighted by Gasteiger charge is 2.34. The molecule has 2 N–H and O–H groups in total. The zero-order valence-electron chi connectivity index (χ0n) is 21.3. The van der Waals surface area contributed by atoms with Crippen molar-refractivity contribution in [1.82, 2.24) is 4.90 Å². The van der Waals surface area contributed by atoms with Crippen LogP contribution in [0.15, 0.2) is 53.4 Å². The summed E-state index contributed by atoms with van der Waals surface area (Å²) < 4.78 is 28.8. The quantitative estimate of drug-likeness (QED) is 0.326. The molecule has 0 aromatic heterocycles. The van der Waals surface area contributed by atoms with Gasteiger partial charge in [-0.3, -0.25) is 9.21 Å². The molecule has 2 aliphatic carbocycles. The Bertz CT molecular complexity index is 1050. The molecule has 7 nitrogen and oxygen atoms in total. The van der Waals surface area contributed by atoms with Crippen LogP contribution >= 0.6 is 0 Å². The zero-order valence-corrected chi connectivity index (χ0v) is 22.1. The van der Waals surface area contributed by atoms with Crippen LogP contribution in [0, 0.1) is 6.92 Å². The second-order valence-electron chi connectivity index (χ2n) is 10.3. The molecule has 1 atom stereocenters. The van der Waals surface area contributed by atoms with Crippen LogP contribution in [0.4, 0.5) is 5.69 Å². The average Bonchev–Trinajstić information content (AvgIpc) is 2.91. The Kier molecular flexibility index (Phi) is 9.28. The third-order valence-electron chi connectivity index (χ3n) is 7.73. The van der Waals surface area contributed by atoms with Gasteiger partial charge in [0.25, 0.3) is 10.0 Å². The molecule has 2 aliphatic rings. The molecule has 0 radical (unpaired) electrons. The minimum atomic E-state index is -4.02. The van der Waals surface area contributed by atoms with Crippen molar-refractivity contribution in [3.05, 3.63) is 54.1 Å². The van der Waals surface area contributed by atoms with E-state index < -0.39 is 16.1 Å². The van der Waals surface area contributed by atoms with Crippen LogP contribution in [-0.4, -0.2) is 55.0 Å². The molecule has 0 spiro atoms. The highest BCUT2D eigenvalue weighted by atomic mass is 32.2. The molecule has 4 rings (SSSR count). The lowest BCUT2D eigenvalue weighted by atomic mass is 9.88. The van der Waals surface area contributed by atoms with E-state index in [1.165, 1.54) is 48.9 Å². The fraction of sp³-hybridized carbons (Fsp3) is 0.571. The fourth-order valence-corrected chi connectivity index (χ4v) is 7.33. The second-order valence-corrected chi connectivity index (χ2v) is 12.2. The van der Waals surface area contributed by atoms with Gasteiger partial charge in [0.1, 0.15) is 0 Å². The molecule has 36 heavy (non-hydrogen) atoms. The molecular weight excluding hydrogens is 476 g/mol. The summed E-state index contributed by atoms with van der Waals surface area (Å²) in [6.07, 6.45) is 11.0. The third kappa shape index (κ3) is 6.40. The summed E-state index contributed by atoms with van der Waals surface area (Å²) in [6, 6.07) is 14.0. The summed E-state index contributed by atoms with van der Waals surface area (Å²) in [5.74, 6) is 0.0248. The molecule has 0 saturated heterocycles. The molecule has 0 bridgehead atoms. The van der Waals surface area contributed by atoms with Crippen molar-refractivity contribution in [3.8, 4) is 5.75 Å². The highest BCUT2D eigenvalue weighted by Crippen LogP contribution is 2.34. The standard InChI is InChI=1S/C28H40N2O5S/c1-22-16-18-26(19-17-22)36(33,34)30(27-14-8-9-15-28(27)35-32)21-25(31)20-29(23-10-4-2-5-11-23)24-12-6-3-7-13-24/h8-9,14-19,23-25,31-32H,2-7,10-13,20-21H2,1H3/t25-/m1/s1. The predicted octanol–water partition coefficient (Wildman–Crippen LogP) is 5.37. The predicted molar refractivity (Wildman–Crippen MR) is 142 cm³/mol. The van der Waals surface area contributed by atoms with Gasteiger partial charge in [-0.2, -0.15) is 0 Å². The highest BCUT2D eigenvalue weighted by molar-refractivity contribution is 7.92. The summed E-state index contributed by atoms with van der Waals surface area (Å²) in [5, 5.41) is 20.8. The summed E-state index contributed by atoms with van der Waals surface area (Å²) in [5.41, 5.74) is 1.15. The van der Waals surface area contributed by atoms with Gasteiger partial charge in [0.15, 0.2) is 5.75 Å². The maximum atomic E-state index is 13.8. The van der Waals surface area contributed by atoms with Gasteiger partial charge in [0.2, 0.25) is 0 Å². The van der Waals surface area contributed by atoms with Crippen LogP contribution < -0.4 is 9.19 Å². The molecule has 8 heteroatoms. The molecule has 0 amide bonds. The first-order valence-electron chi connectivity index (χ1n) is 13.3. The number of para-hydroxylation sites is 2. The van der Waals surface area contributed by atoms with Gasteiger partial charge >= 0.3 is 0 Å². The Labute approximate surface area is 215 Å². The molecule has 2 fully saturated rings. The van der Waals surface area contributed by atoms with E-state index in [9.17, 15) is 18.8 Å². The van der Waals surface area contributed by atoms with Gasteiger partial charge in [-0.05, 0) is 56.9 Å². The smallest absolute Gasteiger partial charge is 0.264 e. The van der Waals surface area contributed by atoms with Gasteiger partial charge in [-0.1, -0.05) is 68.4 Å². The summed E-state index contributed by atoms with van der Waals surface area (Å²) >= 11 is 0. The van der Waals surface area contributed by atoms with E-state index >= 15 is 0 Å². The van der Waals surface area contributed by atoms with E-state index in [1.54, 1.807) is 42.5 Å². The molecular formula is C28H40N2O5S. The van der Waals surface area contributed by atoms with Crippen LogP contribution in [0.1, 0.15) is 69.8 Å². The third-order valence-corrected chi connectivity index (χ3v) is 9.52. The summed E-state index contributed by atoms with van der Waals surface area (Å²) in [6.45, 7) is 2.20. The van der Waals surface area contributed by atoms with E-state index in [-0.39, 0.29) is 22.9 Å². The number of aliphatic hydroxyl groups is 1. The number of sulfonamides is 1. The topological polar surface area (TPSA) is 90.3 Å². The lowest BCUT2D eigenvalue weighted by molar-refractivity contribution is -0.137. The molecule has 0 unspecified atom stereocenters. The van der Waals surface area contributed by atoms with Gasteiger partial charge in [-0.25, -0.2) is 13.7 Å². The Balaban J connectivity index is 1.62. The first-order chi connectivity index (χ1) is 17.4. The minimum Gasteiger partial charge on any atom is -0.390 e. The van der Waals surface area contributed by atoms with Gasteiger partial charge in [0, 0.05) is 18.6 Å². The molecule has 2 aromatic carbocycles. The van der Waals surface area contributed by atoms with Crippen LogP contribution in [0.3, 0.4) is 0 Å². The Hall–Kier alpha value is -2.13. The SMILES string of the molecule is Cc1ccc(S(=O)(=O)N(C[C@H](O)CN(C2CCCCC2)C2CCCCC2)c2ccccc2OO)cc1. The van der Waals surface area contributed by atoms with Crippen LogP contribution in [0.5, 0.6) is 5.75 Å². The maximum Gasteiger partial charge on any atom is 0.264 e. The normalized spacial score (nSPS) is 18.8. The number of anilines is 1. The number of rotatable bonds is 10. The molecule has 198 valence electrons. The number of aliphatic hydroxyl groups excluding tert-OH is 1. The van der Waals surface area contributed by atoms with Crippen molar-refractivity contribution in [3.63, 3.8) is 0 Å². The number of nitrogens with zero attached hydrogens (tertiary/aromatic N) is 2. The fourth-order valence-electron chi connectivity index (χ4n) is 5.82. The molecule has 0 heterocycles. The Morgan fingerprint density at radius 1 is 0.861 bits per heavy atom. The van der Waals surface area contributed by atoms with E-state index in [2.05, 4.69) is 9.79 Å². The number of aryl methyl sites for hydroxylation is 1. The van der Waals surface area contributed by atoms with Crippen molar-refractivity contribution in [1.29, 1.82) is 0 Å². The van der Waals surface area contributed by atoms with Crippen molar-refractivity contribution in [2.24, 2.45) is 0 Å². The van der Waals surface area contributed by atoms with Gasteiger partial charge in [0.05, 0.1) is 23.2 Å². The number of hydrogen-bond acceptors (Lipinski definition) is 6. The van der Waals surface area contributed by atoms with Crippen LogP contribution in [-0.2, 0) is 10.0 Å². The zero-order chi connectivity index (χ0) is 25.5.